The molecule has 0 radical (unpaired) electrons. The summed E-state index contributed by atoms with van der Waals surface area (Å²) in [7, 11) is 0. The molecule has 4 rings (SSSR count). The SMILES string of the molecule is [Y]=[C]1C[C](=[Y])c2ccc3c4c(ccc1c24)[C](=[Y])C[C]3=[Y]. The van der Waals surface area contributed by atoms with Crippen molar-refractivity contribution in [1.29, 1.82) is 0 Å². The minimum atomic E-state index is 1.25. The molecule has 0 heterocycles. The standard InChI is InChI=1S/C16H8.4Y/c1-3-11-7-9-13-5-2-6-14-10-8-12(4-1)15(11)16(13)14;;;;/h7-10H,1-2H2;;;;. The third kappa shape index (κ3) is 2.47. The van der Waals surface area contributed by atoms with E-state index in [0.717, 1.165) is 0 Å². The summed E-state index contributed by atoms with van der Waals surface area (Å²) in [5, 5.41) is 3.21. The fraction of sp³-hybridized carbons (Fsp3) is 0.125. The molecule has 0 amide bonds. The maximum atomic E-state index is 2.42. The number of rotatable bonds is 0. The van der Waals surface area contributed by atoms with E-state index in [4.69, 9.17) is 0 Å². The van der Waals surface area contributed by atoms with Gasteiger partial charge in [-0.05, 0) is 0 Å². The Labute approximate surface area is 196 Å². The summed E-state index contributed by atoms with van der Waals surface area (Å²) in [6.07, 6.45) is 2.50. The van der Waals surface area contributed by atoms with Gasteiger partial charge >= 0.3 is 201 Å². The average Bonchev–Trinajstić information content (AvgIpc) is 2.42. The van der Waals surface area contributed by atoms with Crippen LogP contribution in [0.15, 0.2) is 24.3 Å². The normalized spacial score (nSPS) is 17.4. The second kappa shape index (κ2) is 6.15. The van der Waals surface area contributed by atoms with Gasteiger partial charge in [0.15, 0.2) is 0 Å². The average molecular weight is 556 g/mol. The molecular weight excluding hydrogens is 548 g/mol. The maximum absolute atomic E-state index is 2.42. The Morgan fingerprint density at radius 2 is 0.750 bits per heavy atom. The number of hydrogen-bond acceptors (Lipinski definition) is 0. The van der Waals surface area contributed by atoms with E-state index in [1.165, 1.54) is 135 Å². The van der Waals surface area contributed by atoms with Gasteiger partial charge in [-0.3, -0.25) is 0 Å². The van der Waals surface area contributed by atoms with Crippen LogP contribution in [0.2, 0.25) is 0 Å². The van der Waals surface area contributed by atoms with Crippen LogP contribution in [-0.4, -0.2) is 9.20 Å². The molecule has 0 saturated carbocycles. The summed E-state index contributed by atoms with van der Waals surface area (Å²) >= 11 is 5.10. The fourth-order valence-electron chi connectivity index (χ4n) is 3.36. The Bertz CT molecular complexity index is 734. The van der Waals surface area contributed by atoms with E-state index in [1.54, 1.807) is 42.2 Å². The first-order chi connectivity index (χ1) is 9.58. The summed E-state index contributed by atoms with van der Waals surface area (Å²) in [6, 6.07) is 9.69. The zero-order valence-corrected chi connectivity index (χ0v) is 22.4. The predicted molar refractivity (Wildman–Crippen MR) is 69.6 cm³/mol. The van der Waals surface area contributed by atoms with Gasteiger partial charge in [0.05, 0.1) is 0 Å². The van der Waals surface area contributed by atoms with Crippen LogP contribution in [0, 0.1) is 0 Å². The molecule has 0 spiro atoms. The quantitative estimate of drug-likeness (QED) is 0.466. The van der Waals surface area contributed by atoms with Crippen molar-refractivity contribution in [1.82, 2.24) is 0 Å². The first-order valence-corrected chi connectivity index (χ1v) is 12.3. The van der Waals surface area contributed by atoms with Gasteiger partial charge in [0.2, 0.25) is 0 Å². The third-order valence-electron chi connectivity index (χ3n) is 4.31. The molecule has 0 fully saturated rings. The van der Waals surface area contributed by atoms with Crippen LogP contribution in [0.5, 0.6) is 0 Å². The molecule has 2 aromatic carbocycles. The third-order valence-corrected chi connectivity index (χ3v) is 9.37. The molecule has 2 aromatic rings. The van der Waals surface area contributed by atoms with E-state index in [9.17, 15) is 0 Å². The van der Waals surface area contributed by atoms with Gasteiger partial charge in [-0.25, -0.2) is 0 Å². The first kappa shape index (κ1) is 16.1. The summed E-state index contributed by atoms with van der Waals surface area (Å²) in [5.41, 5.74) is 6.30. The van der Waals surface area contributed by atoms with Crippen LogP contribution >= 0.6 is 0 Å². The molecule has 2 aliphatic carbocycles. The Morgan fingerprint density at radius 3 is 1.00 bits per heavy atom. The minimum absolute atomic E-state index is 1.25. The Balaban J connectivity index is 2.29. The molecule has 0 aliphatic heterocycles. The van der Waals surface area contributed by atoms with Crippen LogP contribution in [0.3, 0.4) is 0 Å². The first-order valence-electron chi connectivity index (χ1n) is 6.64. The second-order valence-electron chi connectivity index (χ2n) is 5.53. The van der Waals surface area contributed by atoms with Gasteiger partial charge in [0, 0.05) is 0 Å². The summed E-state index contributed by atoms with van der Waals surface area (Å²) in [4.78, 5) is 0. The summed E-state index contributed by atoms with van der Waals surface area (Å²) in [5.74, 6) is 0. The van der Waals surface area contributed by atoms with Crippen LogP contribution in [0.25, 0.3) is 10.8 Å². The van der Waals surface area contributed by atoms with Crippen LogP contribution in [0.4, 0.5) is 0 Å². The zero-order valence-electron chi connectivity index (χ0n) is 11.0. The van der Waals surface area contributed by atoms with Crippen LogP contribution < -0.4 is 0 Å². The van der Waals surface area contributed by atoms with Crippen molar-refractivity contribution in [2.45, 2.75) is 12.8 Å². The van der Waals surface area contributed by atoms with Gasteiger partial charge in [-0.1, -0.05) is 0 Å². The Kier molecular flexibility index (Phi) is 4.95. The fourth-order valence-corrected chi connectivity index (χ4v) is 10.7. The van der Waals surface area contributed by atoms with Gasteiger partial charge in [-0.2, -0.15) is 0 Å². The van der Waals surface area contributed by atoms with E-state index in [0.29, 0.717) is 0 Å². The zero-order chi connectivity index (χ0) is 14.0. The van der Waals surface area contributed by atoms with Crippen LogP contribution in [0.1, 0.15) is 35.1 Å². The summed E-state index contributed by atoms with van der Waals surface area (Å²) < 4.78 is 6.79. The van der Waals surface area contributed by atoms with E-state index in [1.807, 2.05) is 0 Å². The molecule has 0 bridgehead atoms. The van der Waals surface area contributed by atoms with Crippen molar-refractivity contribution >= 4 is 20.0 Å². The Morgan fingerprint density at radius 1 is 0.500 bits per heavy atom. The second-order valence-corrected chi connectivity index (χ2v) is 12.4. The number of benzene rings is 2. The van der Waals surface area contributed by atoms with E-state index in [2.05, 4.69) is 24.3 Å². The molecule has 0 N–H and O–H groups in total. The molecular formula is C16H8Y4. The van der Waals surface area contributed by atoms with Crippen molar-refractivity contribution in [2.24, 2.45) is 0 Å². The summed E-state index contributed by atoms with van der Waals surface area (Å²) in [6.45, 7) is 0. The molecule has 84 valence electrons. The predicted octanol–water partition coefficient (Wildman–Crippen LogP) is 1.92. The molecule has 4 heteroatoms. The molecule has 0 aromatic heterocycles. The van der Waals surface area contributed by atoms with Gasteiger partial charge < -0.3 is 0 Å². The van der Waals surface area contributed by atoms with Gasteiger partial charge in [0.25, 0.3) is 0 Å². The van der Waals surface area contributed by atoms with Crippen molar-refractivity contribution in [3.63, 3.8) is 0 Å². The molecule has 0 atom stereocenters. The molecule has 0 saturated heterocycles. The van der Waals surface area contributed by atoms with E-state index in [-0.39, 0.29) is 0 Å². The van der Waals surface area contributed by atoms with Crippen molar-refractivity contribution < 1.29 is 122 Å². The van der Waals surface area contributed by atoms with Gasteiger partial charge in [0.1, 0.15) is 0 Å². The van der Waals surface area contributed by atoms with Crippen molar-refractivity contribution in [3.05, 3.63) is 46.5 Å². The topological polar surface area (TPSA) is 0 Å². The van der Waals surface area contributed by atoms with Crippen LogP contribution in [-0.2, 0) is 122 Å². The number of hydrogen-bond donors (Lipinski definition) is 0. The molecule has 20 heavy (non-hydrogen) atoms. The van der Waals surface area contributed by atoms with Crippen molar-refractivity contribution in [3.8, 4) is 0 Å². The Hall–Kier alpha value is 2.60. The monoisotopic (exact) mass is 556 g/mol. The van der Waals surface area contributed by atoms with Gasteiger partial charge in [-0.15, -0.1) is 0 Å². The van der Waals surface area contributed by atoms with E-state index < -0.39 is 0 Å². The molecule has 0 unspecified atom stereocenters. The molecule has 0 nitrogen and oxygen atoms in total. The van der Waals surface area contributed by atoms with E-state index >= 15 is 0 Å². The van der Waals surface area contributed by atoms with Crippen molar-refractivity contribution in [2.75, 3.05) is 0 Å². The molecule has 2 aliphatic rings.